The summed E-state index contributed by atoms with van der Waals surface area (Å²) in [6, 6.07) is 1.76. The summed E-state index contributed by atoms with van der Waals surface area (Å²) in [6.07, 6.45) is 2.53. The zero-order valence-corrected chi connectivity index (χ0v) is 12.8. The van der Waals surface area contributed by atoms with E-state index in [1.807, 2.05) is 11.4 Å². The highest BCUT2D eigenvalue weighted by Gasteiger charge is 2.27. The SMILES string of the molecule is CN(CCC(=O)O)S(=O)(=O)NC1CCCc2sccc21. The molecular weight excluding hydrogens is 300 g/mol. The topological polar surface area (TPSA) is 86.7 Å². The van der Waals surface area contributed by atoms with Crippen LogP contribution in [-0.4, -0.2) is 37.4 Å². The van der Waals surface area contributed by atoms with E-state index < -0.39 is 16.2 Å². The van der Waals surface area contributed by atoms with Gasteiger partial charge in [0.05, 0.1) is 6.42 Å². The normalized spacial score (nSPS) is 19.0. The van der Waals surface area contributed by atoms with Gasteiger partial charge in [-0.2, -0.15) is 17.4 Å². The van der Waals surface area contributed by atoms with Gasteiger partial charge in [-0.1, -0.05) is 0 Å². The molecule has 20 heavy (non-hydrogen) atoms. The van der Waals surface area contributed by atoms with Gasteiger partial charge in [0.15, 0.2) is 0 Å². The molecule has 2 rings (SSSR count). The van der Waals surface area contributed by atoms with E-state index in [1.54, 1.807) is 11.3 Å². The number of nitrogens with zero attached hydrogens (tertiary/aromatic N) is 1. The molecule has 0 radical (unpaired) electrons. The predicted octanol–water partition coefficient (Wildman–Crippen LogP) is 1.37. The van der Waals surface area contributed by atoms with Gasteiger partial charge in [0, 0.05) is 24.5 Å². The Morgan fingerprint density at radius 2 is 2.35 bits per heavy atom. The van der Waals surface area contributed by atoms with Crippen LogP contribution >= 0.6 is 11.3 Å². The molecule has 1 aliphatic rings. The second-order valence-corrected chi connectivity index (χ2v) is 7.64. The predicted molar refractivity (Wildman–Crippen MR) is 76.9 cm³/mol. The maximum atomic E-state index is 12.2. The van der Waals surface area contributed by atoms with E-state index in [0.29, 0.717) is 0 Å². The Labute approximate surface area is 122 Å². The van der Waals surface area contributed by atoms with Crippen LogP contribution in [0.3, 0.4) is 0 Å². The van der Waals surface area contributed by atoms with Crippen LogP contribution < -0.4 is 4.72 Å². The van der Waals surface area contributed by atoms with Crippen molar-refractivity contribution in [2.75, 3.05) is 13.6 Å². The zero-order chi connectivity index (χ0) is 14.8. The first-order valence-electron chi connectivity index (χ1n) is 6.42. The van der Waals surface area contributed by atoms with Gasteiger partial charge in [0.1, 0.15) is 0 Å². The summed E-state index contributed by atoms with van der Waals surface area (Å²) < 4.78 is 28.1. The summed E-state index contributed by atoms with van der Waals surface area (Å²) in [6.45, 7) is -0.0338. The molecular formula is C12H18N2O4S2. The first-order valence-corrected chi connectivity index (χ1v) is 8.74. The Balaban J connectivity index is 2.04. The van der Waals surface area contributed by atoms with Crippen LogP contribution in [0.15, 0.2) is 11.4 Å². The van der Waals surface area contributed by atoms with E-state index in [9.17, 15) is 13.2 Å². The number of carboxylic acids is 1. The van der Waals surface area contributed by atoms with Crippen molar-refractivity contribution in [3.05, 3.63) is 21.9 Å². The average Bonchev–Trinajstić information content (AvgIpc) is 2.84. The maximum absolute atomic E-state index is 12.2. The quantitative estimate of drug-likeness (QED) is 0.829. The summed E-state index contributed by atoms with van der Waals surface area (Å²) in [5, 5.41) is 10.6. The molecule has 0 amide bonds. The zero-order valence-electron chi connectivity index (χ0n) is 11.2. The second kappa shape index (κ2) is 6.21. The smallest absolute Gasteiger partial charge is 0.304 e. The third-order valence-corrected chi connectivity index (χ3v) is 5.98. The van der Waals surface area contributed by atoms with E-state index in [1.165, 1.54) is 11.9 Å². The van der Waals surface area contributed by atoms with Crippen LogP contribution in [0.5, 0.6) is 0 Å². The molecule has 0 bridgehead atoms. The second-order valence-electron chi connectivity index (χ2n) is 4.83. The number of carbonyl (C=O) groups is 1. The van der Waals surface area contributed by atoms with Crippen molar-refractivity contribution < 1.29 is 18.3 Å². The molecule has 0 fully saturated rings. The summed E-state index contributed by atoms with van der Waals surface area (Å²) in [5.41, 5.74) is 1.05. The highest BCUT2D eigenvalue weighted by Crippen LogP contribution is 2.33. The number of aliphatic carboxylic acids is 1. The first kappa shape index (κ1) is 15.4. The summed E-state index contributed by atoms with van der Waals surface area (Å²) in [4.78, 5) is 11.7. The monoisotopic (exact) mass is 318 g/mol. The molecule has 0 saturated heterocycles. The van der Waals surface area contributed by atoms with Gasteiger partial charge in [-0.05, 0) is 36.3 Å². The fraction of sp³-hybridized carbons (Fsp3) is 0.583. The molecule has 1 atom stereocenters. The molecule has 0 saturated carbocycles. The van der Waals surface area contributed by atoms with Gasteiger partial charge >= 0.3 is 5.97 Å². The molecule has 0 spiro atoms. The largest absolute Gasteiger partial charge is 0.481 e. The number of nitrogens with one attached hydrogen (secondary N) is 1. The molecule has 1 heterocycles. The number of hydrogen-bond donors (Lipinski definition) is 2. The van der Waals surface area contributed by atoms with E-state index in [-0.39, 0.29) is 19.0 Å². The Morgan fingerprint density at radius 1 is 1.60 bits per heavy atom. The Bertz CT molecular complexity index is 582. The number of thiophene rings is 1. The lowest BCUT2D eigenvalue weighted by molar-refractivity contribution is -0.137. The minimum absolute atomic E-state index is 0.0338. The summed E-state index contributed by atoms with van der Waals surface area (Å²) >= 11 is 1.65. The Hall–Kier alpha value is -0.960. The van der Waals surface area contributed by atoms with Crippen molar-refractivity contribution in [3.63, 3.8) is 0 Å². The van der Waals surface area contributed by atoms with Crippen molar-refractivity contribution in [1.82, 2.24) is 9.03 Å². The molecule has 0 aromatic carbocycles. The lowest BCUT2D eigenvalue weighted by Crippen LogP contribution is -2.41. The van der Waals surface area contributed by atoms with Crippen LogP contribution in [0.4, 0.5) is 0 Å². The van der Waals surface area contributed by atoms with Crippen LogP contribution in [-0.2, 0) is 21.4 Å². The van der Waals surface area contributed by atoms with E-state index in [0.717, 1.165) is 29.1 Å². The first-order chi connectivity index (χ1) is 9.40. The maximum Gasteiger partial charge on any atom is 0.304 e. The van der Waals surface area contributed by atoms with Crippen molar-refractivity contribution in [3.8, 4) is 0 Å². The molecule has 8 heteroatoms. The van der Waals surface area contributed by atoms with Crippen LogP contribution in [0, 0.1) is 0 Å². The summed E-state index contributed by atoms with van der Waals surface area (Å²) in [7, 11) is -2.26. The number of fused-ring (bicyclic) bond motifs is 1. The third-order valence-electron chi connectivity index (χ3n) is 3.39. The van der Waals surface area contributed by atoms with Gasteiger partial charge in [-0.3, -0.25) is 4.79 Å². The Kier molecular flexibility index (Phi) is 4.79. The lowest BCUT2D eigenvalue weighted by atomic mass is 9.95. The van der Waals surface area contributed by atoms with Crippen molar-refractivity contribution in [2.45, 2.75) is 31.7 Å². The fourth-order valence-corrected chi connectivity index (χ4v) is 4.36. The Morgan fingerprint density at radius 3 is 3.05 bits per heavy atom. The highest BCUT2D eigenvalue weighted by atomic mass is 32.2. The summed E-state index contributed by atoms with van der Waals surface area (Å²) in [5.74, 6) is -1.01. The number of carboxylic acid groups (broad SMARTS) is 1. The minimum Gasteiger partial charge on any atom is -0.481 e. The molecule has 0 aliphatic heterocycles. The number of hydrogen-bond acceptors (Lipinski definition) is 4. The van der Waals surface area contributed by atoms with Crippen LogP contribution in [0.25, 0.3) is 0 Å². The van der Waals surface area contributed by atoms with Crippen LogP contribution in [0.1, 0.15) is 35.7 Å². The van der Waals surface area contributed by atoms with E-state index in [4.69, 9.17) is 5.11 Å². The van der Waals surface area contributed by atoms with Crippen molar-refractivity contribution in [2.24, 2.45) is 0 Å². The highest BCUT2D eigenvalue weighted by molar-refractivity contribution is 7.87. The molecule has 2 N–H and O–H groups in total. The molecule has 1 aromatic heterocycles. The number of aryl methyl sites for hydroxylation is 1. The molecule has 112 valence electrons. The third kappa shape index (κ3) is 3.57. The van der Waals surface area contributed by atoms with Gasteiger partial charge < -0.3 is 5.11 Å². The van der Waals surface area contributed by atoms with Crippen LogP contribution in [0.2, 0.25) is 0 Å². The standard InChI is InChI=1S/C12H18N2O4S2/c1-14(7-5-12(15)16)20(17,18)13-10-3-2-4-11-9(10)6-8-19-11/h6,8,10,13H,2-5,7H2,1H3,(H,15,16). The van der Waals surface area contributed by atoms with Gasteiger partial charge in [0.2, 0.25) is 0 Å². The van der Waals surface area contributed by atoms with Crippen molar-refractivity contribution >= 4 is 27.5 Å². The van der Waals surface area contributed by atoms with Gasteiger partial charge in [-0.25, -0.2) is 0 Å². The molecule has 1 unspecified atom stereocenters. The molecule has 1 aliphatic carbocycles. The minimum atomic E-state index is -3.65. The van der Waals surface area contributed by atoms with Gasteiger partial charge in [0.25, 0.3) is 10.2 Å². The lowest BCUT2D eigenvalue weighted by Gasteiger charge is -2.26. The van der Waals surface area contributed by atoms with Gasteiger partial charge in [-0.15, -0.1) is 11.3 Å². The average molecular weight is 318 g/mol. The number of rotatable bonds is 6. The molecule has 6 nitrogen and oxygen atoms in total. The fourth-order valence-electron chi connectivity index (χ4n) is 2.25. The van der Waals surface area contributed by atoms with E-state index >= 15 is 0 Å². The van der Waals surface area contributed by atoms with Crippen molar-refractivity contribution in [1.29, 1.82) is 0 Å². The van der Waals surface area contributed by atoms with E-state index in [2.05, 4.69) is 4.72 Å². The molecule has 1 aromatic rings.